The molecule has 0 spiro atoms. The third-order valence-electron chi connectivity index (χ3n) is 4.58. The summed E-state index contributed by atoms with van der Waals surface area (Å²) in [5.41, 5.74) is 6.06. The molecule has 1 aromatic carbocycles. The maximum atomic E-state index is 12.2. The van der Waals surface area contributed by atoms with E-state index in [2.05, 4.69) is 29.0 Å². The quantitative estimate of drug-likeness (QED) is 0.174. The number of allylic oxidation sites excluding steroid dienone is 4. The molecular formula is C24H29N3O4. The molecule has 0 amide bonds. The van der Waals surface area contributed by atoms with E-state index in [1.807, 2.05) is 36.4 Å². The van der Waals surface area contributed by atoms with Crippen molar-refractivity contribution in [3.8, 4) is 0 Å². The van der Waals surface area contributed by atoms with Gasteiger partial charge in [0, 0.05) is 19.4 Å². The number of ketones is 1. The highest BCUT2D eigenvalue weighted by Crippen LogP contribution is 2.19. The van der Waals surface area contributed by atoms with E-state index in [0.717, 1.165) is 41.6 Å². The van der Waals surface area contributed by atoms with Crippen molar-refractivity contribution in [3.05, 3.63) is 78.4 Å². The number of Topliss-reactive ketones (excluding diaryl/α,β-unsaturated/α-hetero) is 1. The molecule has 0 aliphatic heterocycles. The van der Waals surface area contributed by atoms with Crippen LogP contribution < -0.4 is 10.7 Å². The molecule has 7 heteroatoms. The highest BCUT2D eigenvalue weighted by atomic mass is 16.5. The number of anilines is 1. The SMILES string of the molecule is C=CC(=O)OCCCc1ccccc1N/N=C(/C(=C)NC1=C(OC)CCC=C1)C(C)=O. The highest BCUT2D eigenvalue weighted by Gasteiger charge is 2.15. The zero-order chi connectivity index (χ0) is 22.6. The number of nitrogens with zero attached hydrogens (tertiary/aromatic N) is 1. The van der Waals surface area contributed by atoms with Gasteiger partial charge in [-0.15, -0.1) is 0 Å². The summed E-state index contributed by atoms with van der Waals surface area (Å²) in [6.45, 7) is 9.09. The number of esters is 1. The Morgan fingerprint density at radius 3 is 2.77 bits per heavy atom. The van der Waals surface area contributed by atoms with E-state index < -0.39 is 5.97 Å². The second kappa shape index (κ2) is 12.2. The summed E-state index contributed by atoms with van der Waals surface area (Å²) < 4.78 is 10.4. The number of ether oxygens (including phenoxy) is 2. The Kier molecular flexibility index (Phi) is 9.29. The first-order chi connectivity index (χ1) is 15.0. The van der Waals surface area contributed by atoms with Gasteiger partial charge in [0.2, 0.25) is 0 Å². The average Bonchev–Trinajstić information content (AvgIpc) is 2.77. The van der Waals surface area contributed by atoms with Gasteiger partial charge in [0.15, 0.2) is 5.78 Å². The van der Waals surface area contributed by atoms with E-state index in [1.165, 1.54) is 6.92 Å². The molecule has 1 aliphatic carbocycles. The highest BCUT2D eigenvalue weighted by molar-refractivity contribution is 6.45. The number of rotatable bonds is 12. The number of hydrogen-bond acceptors (Lipinski definition) is 7. The van der Waals surface area contributed by atoms with Crippen molar-refractivity contribution >= 4 is 23.2 Å². The van der Waals surface area contributed by atoms with Gasteiger partial charge in [0.1, 0.15) is 11.5 Å². The lowest BCUT2D eigenvalue weighted by Gasteiger charge is -2.18. The van der Waals surface area contributed by atoms with Gasteiger partial charge in [-0.2, -0.15) is 5.10 Å². The summed E-state index contributed by atoms with van der Waals surface area (Å²) in [4.78, 5) is 23.3. The summed E-state index contributed by atoms with van der Waals surface area (Å²) in [7, 11) is 1.62. The molecule has 164 valence electrons. The first-order valence-corrected chi connectivity index (χ1v) is 10.1. The molecule has 0 fully saturated rings. The molecule has 0 radical (unpaired) electrons. The van der Waals surface area contributed by atoms with Crippen LogP contribution in [-0.2, 0) is 25.5 Å². The molecule has 31 heavy (non-hydrogen) atoms. The Labute approximate surface area is 183 Å². The number of aryl methyl sites for hydroxylation is 1. The number of carbonyl (C=O) groups is 2. The van der Waals surface area contributed by atoms with Crippen molar-refractivity contribution in [2.45, 2.75) is 32.6 Å². The molecule has 0 unspecified atom stereocenters. The first-order valence-electron chi connectivity index (χ1n) is 10.1. The second-order valence-electron chi connectivity index (χ2n) is 6.85. The van der Waals surface area contributed by atoms with E-state index in [9.17, 15) is 9.59 Å². The van der Waals surface area contributed by atoms with Crippen LogP contribution in [0.5, 0.6) is 0 Å². The van der Waals surface area contributed by atoms with E-state index in [4.69, 9.17) is 9.47 Å². The van der Waals surface area contributed by atoms with Crippen molar-refractivity contribution in [2.24, 2.45) is 5.10 Å². The van der Waals surface area contributed by atoms with E-state index >= 15 is 0 Å². The summed E-state index contributed by atoms with van der Waals surface area (Å²) >= 11 is 0. The number of carbonyl (C=O) groups excluding carboxylic acids is 2. The molecule has 0 bridgehead atoms. The lowest BCUT2D eigenvalue weighted by atomic mass is 10.1. The van der Waals surface area contributed by atoms with Crippen LogP contribution >= 0.6 is 0 Å². The smallest absolute Gasteiger partial charge is 0.330 e. The van der Waals surface area contributed by atoms with Crippen LogP contribution in [-0.4, -0.2) is 31.2 Å². The maximum Gasteiger partial charge on any atom is 0.330 e. The molecule has 1 aromatic rings. The first kappa shape index (κ1) is 23.7. The summed E-state index contributed by atoms with van der Waals surface area (Å²) in [5, 5.41) is 7.44. The van der Waals surface area contributed by atoms with Crippen molar-refractivity contribution in [2.75, 3.05) is 19.1 Å². The molecule has 7 nitrogen and oxygen atoms in total. The molecular weight excluding hydrogens is 394 g/mol. The Hall–Kier alpha value is -3.61. The lowest BCUT2D eigenvalue weighted by Crippen LogP contribution is -2.26. The summed E-state index contributed by atoms with van der Waals surface area (Å²) in [6, 6.07) is 7.62. The molecule has 0 saturated heterocycles. The van der Waals surface area contributed by atoms with Crippen LogP contribution in [0.15, 0.2) is 77.9 Å². The largest absolute Gasteiger partial charge is 0.499 e. The van der Waals surface area contributed by atoms with Gasteiger partial charge in [-0.05, 0) is 37.0 Å². The average molecular weight is 424 g/mol. The molecule has 0 heterocycles. The van der Waals surface area contributed by atoms with Crippen LogP contribution in [0.2, 0.25) is 0 Å². The molecule has 0 atom stereocenters. The number of hydrogen-bond donors (Lipinski definition) is 2. The van der Waals surface area contributed by atoms with Gasteiger partial charge < -0.3 is 14.8 Å². The van der Waals surface area contributed by atoms with Crippen LogP contribution in [0.4, 0.5) is 5.69 Å². The number of benzene rings is 1. The molecule has 2 N–H and O–H groups in total. The van der Waals surface area contributed by atoms with Crippen molar-refractivity contribution in [1.82, 2.24) is 5.32 Å². The Bertz CT molecular complexity index is 929. The third-order valence-corrected chi connectivity index (χ3v) is 4.58. The Balaban J connectivity index is 2.08. The topological polar surface area (TPSA) is 89.0 Å². The van der Waals surface area contributed by atoms with Crippen molar-refractivity contribution in [1.29, 1.82) is 0 Å². The summed E-state index contributed by atoms with van der Waals surface area (Å²) in [6.07, 6.45) is 8.09. The number of para-hydroxylation sites is 1. The van der Waals surface area contributed by atoms with Crippen LogP contribution in [0.25, 0.3) is 0 Å². The predicted octanol–water partition coefficient (Wildman–Crippen LogP) is 4.02. The van der Waals surface area contributed by atoms with Gasteiger partial charge in [0.05, 0.1) is 30.8 Å². The van der Waals surface area contributed by atoms with Crippen LogP contribution in [0.1, 0.15) is 31.7 Å². The fraction of sp³-hybridized carbons (Fsp3) is 0.292. The van der Waals surface area contributed by atoms with Gasteiger partial charge >= 0.3 is 5.97 Å². The third kappa shape index (κ3) is 7.29. The van der Waals surface area contributed by atoms with E-state index in [0.29, 0.717) is 25.1 Å². The minimum atomic E-state index is -0.437. The fourth-order valence-corrected chi connectivity index (χ4v) is 3.00. The van der Waals surface area contributed by atoms with Gasteiger partial charge in [-0.25, -0.2) is 4.79 Å². The zero-order valence-corrected chi connectivity index (χ0v) is 18.1. The van der Waals surface area contributed by atoms with Crippen molar-refractivity contribution < 1.29 is 19.1 Å². The van der Waals surface area contributed by atoms with Gasteiger partial charge in [-0.3, -0.25) is 10.2 Å². The predicted molar refractivity (Wildman–Crippen MR) is 122 cm³/mol. The maximum absolute atomic E-state index is 12.2. The minimum Gasteiger partial charge on any atom is -0.499 e. The normalized spacial score (nSPS) is 13.4. The lowest BCUT2D eigenvalue weighted by molar-refractivity contribution is -0.137. The minimum absolute atomic E-state index is 0.191. The number of hydrazone groups is 1. The zero-order valence-electron chi connectivity index (χ0n) is 18.1. The van der Waals surface area contributed by atoms with Crippen LogP contribution in [0, 0.1) is 0 Å². The standard InChI is InChI=1S/C24H29N3O4/c1-5-23(29)31-16-10-12-19-11-6-7-13-20(19)26-27-24(18(3)28)17(2)25-21-14-8-9-15-22(21)30-4/h5-8,11,13-14,25-26H,1-2,9-10,12,15-16H2,3-4H3/b27-24-. The molecule has 2 rings (SSSR count). The molecule has 1 aliphatic rings. The van der Waals surface area contributed by atoms with E-state index in [-0.39, 0.29) is 11.5 Å². The van der Waals surface area contributed by atoms with Crippen LogP contribution in [0.3, 0.4) is 0 Å². The monoisotopic (exact) mass is 423 g/mol. The fourth-order valence-electron chi connectivity index (χ4n) is 3.00. The number of methoxy groups -OCH3 is 1. The second-order valence-corrected chi connectivity index (χ2v) is 6.85. The molecule has 0 aromatic heterocycles. The Morgan fingerprint density at radius 2 is 2.06 bits per heavy atom. The number of nitrogens with one attached hydrogen (secondary N) is 2. The van der Waals surface area contributed by atoms with Crippen molar-refractivity contribution in [3.63, 3.8) is 0 Å². The van der Waals surface area contributed by atoms with Gasteiger partial charge in [-0.1, -0.05) is 37.4 Å². The molecule has 0 saturated carbocycles. The summed E-state index contributed by atoms with van der Waals surface area (Å²) in [5.74, 6) is 0.146. The van der Waals surface area contributed by atoms with Gasteiger partial charge in [0.25, 0.3) is 0 Å². The Morgan fingerprint density at radius 1 is 1.29 bits per heavy atom. The van der Waals surface area contributed by atoms with E-state index in [1.54, 1.807) is 7.11 Å².